The number of carbonyl (C=O) groups is 1. The minimum atomic E-state index is -1.06. The summed E-state index contributed by atoms with van der Waals surface area (Å²) in [5.74, 6) is -0.404. The molecule has 290 valence electrons. The summed E-state index contributed by atoms with van der Waals surface area (Å²) < 4.78 is 0. The second-order valence-corrected chi connectivity index (χ2v) is 16.3. The fraction of sp³-hybridized carbons (Fsp3) is 0.591. The Bertz CT molecular complexity index is 1590. The number of carboxylic acids is 1. The van der Waals surface area contributed by atoms with Crippen LogP contribution in [0.1, 0.15) is 119 Å². The van der Waals surface area contributed by atoms with Gasteiger partial charge in [0.2, 0.25) is 0 Å². The molecule has 1 saturated carbocycles. The highest BCUT2D eigenvalue weighted by Gasteiger charge is 2.46. The van der Waals surface area contributed by atoms with Crippen molar-refractivity contribution >= 4 is 11.8 Å². The van der Waals surface area contributed by atoms with Crippen molar-refractivity contribution in [2.45, 2.75) is 134 Å². The molecule has 0 unspecified atom stereocenters. The number of hydrogen-bond donors (Lipinski definition) is 7. The summed E-state index contributed by atoms with van der Waals surface area (Å²) in [4.78, 5) is 19.9. The van der Waals surface area contributed by atoms with E-state index in [2.05, 4.69) is 35.1 Å². The van der Waals surface area contributed by atoms with Crippen molar-refractivity contribution < 1.29 is 30.3 Å². The minimum absolute atomic E-state index is 0.0712. The number of nitrogens with two attached hydrogens (primary N) is 1. The molecule has 9 nitrogen and oxygen atoms in total. The number of aliphatic hydroxyl groups excluding tert-OH is 2. The minimum Gasteiger partial charge on any atom is -0.508 e. The number of nitrogens with one attached hydrogen (secondary N) is 1. The van der Waals surface area contributed by atoms with Gasteiger partial charge in [0.05, 0.1) is 23.7 Å². The fourth-order valence-corrected chi connectivity index (χ4v) is 9.04. The molecule has 0 bridgehead atoms. The highest BCUT2D eigenvalue weighted by atomic mass is 16.4. The topological polar surface area (TPSA) is 173 Å². The van der Waals surface area contributed by atoms with E-state index in [0.717, 1.165) is 73.8 Å². The van der Waals surface area contributed by atoms with Crippen LogP contribution in [0.2, 0.25) is 0 Å². The maximum atomic E-state index is 12.3. The Morgan fingerprint density at radius 1 is 0.962 bits per heavy atom. The van der Waals surface area contributed by atoms with Crippen LogP contribution in [0.5, 0.6) is 5.75 Å². The van der Waals surface area contributed by atoms with Crippen LogP contribution in [0.15, 0.2) is 67.0 Å². The molecule has 53 heavy (non-hydrogen) atoms. The number of anilines is 1. The van der Waals surface area contributed by atoms with E-state index in [4.69, 9.17) is 5.73 Å². The van der Waals surface area contributed by atoms with Crippen LogP contribution in [-0.2, 0) is 24.1 Å². The standard InChI is InChI=1S/C44H63N3O6/c1-2-3-5-8-30-11-14-35(41(50)25-30)9-6-4-7-10-39(43(51)52)40(49)17-19-44(53)28-33(22-32-18-20-46-42(45)26-32)23-36(44)27-37-24-34(29-47-37)21-31-12-15-38(48)16-13-31/h11-16,18,20,24,26,29-30,33,35-36,39-41,47-50,53H,2-10,17,19,21-23,25,27-28H2,1H3,(H2,45,46)(H,51,52)/t30-,33-,35-,36+,39+,40-,41-,44+/m1/s1. The predicted molar refractivity (Wildman–Crippen MR) is 209 cm³/mol. The van der Waals surface area contributed by atoms with E-state index < -0.39 is 23.6 Å². The third kappa shape index (κ3) is 12.2. The smallest absolute Gasteiger partial charge is 0.309 e. The number of aliphatic hydroxyl groups is 3. The fourth-order valence-electron chi connectivity index (χ4n) is 9.04. The number of H-pyrrole nitrogens is 1. The summed E-state index contributed by atoms with van der Waals surface area (Å²) >= 11 is 0. The molecule has 0 radical (unpaired) electrons. The van der Waals surface area contributed by atoms with Crippen LogP contribution in [0.3, 0.4) is 0 Å². The molecule has 1 aromatic carbocycles. The predicted octanol–water partition coefficient (Wildman–Crippen LogP) is 7.76. The second-order valence-electron chi connectivity index (χ2n) is 16.3. The number of aliphatic carboxylic acids is 1. The lowest BCUT2D eigenvalue weighted by molar-refractivity contribution is -0.146. The van der Waals surface area contributed by atoms with E-state index in [1.54, 1.807) is 18.3 Å². The Hall–Kier alpha value is -3.66. The zero-order valence-electron chi connectivity index (χ0n) is 31.6. The van der Waals surface area contributed by atoms with Gasteiger partial charge in [0, 0.05) is 24.0 Å². The van der Waals surface area contributed by atoms with Crippen LogP contribution < -0.4 is 5.73 Å². The number of unbranched alkanes of at least 4 members (excludes halogenated alkanes) is 4. The zero-order valence-corrected chi connectivity index (χ0v) is 31.6. The number of nitrogens with zero attached hydrogens (tertiary/aromatic N) is 1. The number of phenolic OH excluding ortho intramolecular Hbond substituents is 1. The average molecular weight is 730 g/mol. The van der Waals surface area contributed by atoms with E-state index in [1.807, 2.05) is 30.5 Å². The van der Waals surface area contributed by atoms with Gasteiger partial charge in [-0.3, -0.25) is 4.79 Å². The average Bonchev–Trinajstić information content (AvgIpc) is 3.69. The number of phenols is 1. The first-order valence-electron chi connectivity index (χ1n) is 20.2. The van der Waals surface area contributed by atoms with Gasteiger partial charge < -0.3 is 36.3 Å². The lowest BCUT2D eigenvalue weighted by Gasteiger charge is -2.32. The summed E-state index contributed by atoms with van der Waals surface area (Å²) in [6, 6.07) is 13.2. The molecule has 8 atom stereocenters. The number of rotatable bonds is 21. The molecule has 0 aliphatic heterocycles. The summed E-state index contributed by atoms with van der Waals surface area (Å²) in [6.45, 7) is 2.21. The van der Waals surface area contributed by atoms with E-state index >= 15 is 0 Å². The number of carboxylic acid groups (broad SMARTS) is 1. The largest absolute Gasteiger partial charge is 0.508 e. The van der Waals surface area contributed by atoms with Crippen molar-refractivity contribution in [3.8, 4) is 5.75 Å². The third-order valence-corrected chi connectivity index (χ3v) is 12.1. The van der Waals surface area contributed by atoms with Crippen LogP contribution >= 0.6 is 0 Å². The molecular weight excluding hydrogens is 666 g/mol. The van der Waals surface area contributed by atoms with Gasteiger partial charge in [-0.15, -0.1) is 0 Å². The van der Waals surface area contributed by atoms with Gasteiger partial charge in [-0.25, -0.2) is 4.98 Å². The maximum Gasteiger partial charge on any atom is 0.309 e. The highest BCUT2D eigenvalue weighted by Crippen LogP contribution is 2.46. The number of aromatic hydroxyl groups is 1. The first kappa shape index (κ1) is 40.5. The lowest BCUT2D eigenvalue weighted by atomic mass is 9.80. The number of benzene rings is 1. The first-order chi connectivity index (χ1) is 25.5. The third-order valence-electron chi connectivity index (χ3n) is 12.1. The van der Waals surface area contributed by atoms with Crippen LogP contribution in [0.25, 0.3) is 0 Å². The van der Waals surface area contributed by atoms with Gasteiger partial charge in [0.25, 0.3) is 0 Å². The number of hydrogen-bond acceptors (Lipinski definition) is 7. The second kappa shape index (κ2) is 19.6. The Morgan fingerprint density at radius 2 is 1.75 bits per heavy atom. The van der Waals surface area contributed by atoms with Gasteiger partial charge in [-0.1, -0.05) is 69.7 Å². The molecular formula is C44H63N3O6. The van der Waals surface area contributed by atoms with Crippen LogP contribution in [0.4, 0.5) is 5.82 Å². The Kier molecular flexibility index (Phi) is 15.0. The Labute approximate surface area is 315 Å². The number of pyridine rings is 1. The molecule has 2 aliphatic rings. The monoisotopic (exact) mass is 729 g/mol. The molecule has 5 rings (SSSR count). The van der Waals surface area contributed by atoms with Crippen molar-refractivity contribution in [3.05, 3.63) is 89.4 Å². The van der Waals surface area contributed by atoms with Gasteiger partial charge in [-0.05, 0) is 135 Å². The molecule has 9 heteroatoms. The zero-order chi connectivity index (χ0) is 37.8. The maximum absolute atomic E-state index is 12.3. The highest BCUT2D eigenvalue weighted by molar-refractivity contribution is 5.70. The van der Waals surface area contributed by atoms with Crippen LogP contribution in [-0.4, -0.2) is 59.3 Å². The molecule has 1 fully saturated rings. The molecule has 3 aromatic rings. The quantitative estimate of drug-likeness (QED) is 0.0431. The van der Waals surface area contributed by atoms with E-state index in [0.29, 0.717) is 43.8 Å². The molecule has 0 amide bonds. The molecule has 2 aromatic heterocycles. The SMILES string of the molecule is CCCCC[C@@H]1C=C[C@@H](CCCCC[C@H](C(=O)O)[C@H](O)CC[C@]2(O)C[C@H](Cc3ccnc(N)c3)C[C@H]2Cc2cc(Cc3ccc(O)cc3)c[nH]2)[C@H](O)C1. The lowest BCUT2D eigenvalue weighted by Crippen LogP contribution is -2.37. The summed E-state index contributed by atoms with van der Waals surface area (Å²) in [5, 5.41) is 54.0. The van der Waals surface area contributed by atoms with Gasteiger partial charge >= 0.3 is 5.97 Å². The Morgan fingerprint density at radius 3 is 2.49 bits per heavy atom. The van der Waals surface area contributed by atoms with Crippen molar-refractivity contribution in [1.29, 1.82) is 0 Å². The van der Waals surface area contributed by atoms with E-state index in [9.17, 15) is 30.3 Å². The summed E-state index contributed by atoms with van der Waals surface area (Å²) in [7, 11) is 0. The first-order valence-corrected chi connectivity index (χ1v) is 20.2. The molecule has 0 saturated heterocycles. The molecule has 0 spiro atoms. The molecule has 8 N–H and O–H groups in total. The van der Waals surface area contributed by atoms with Crippen molar-refractivity contribution in [2.75, 3.05) is 5.73 Å². The Balaban J connectivity index is 1.14. The van der Waals surface area contributed by atoms with Crippen molar-refractivity contribution in [3.63, 3.8) is 0 Å². The van der Waals surface area contributed by atoms with Gasteiger partial charge in [0.1, 0.15) is 11.6 Å². The van der Waals surface area contributed by atoms with E-state index in [1.165, 1.54) is 19.3 Å². The van der Waals surface area contributed by atoms with Crippen molar-refractivity contribution in [2.24, 2.45) is 29.6 Å². The van der Waals surface area contributed by atoms with Gasteiger partial charge in [-0.2, -0.15) is 0 Å². The molecule has 2 heterocycles. The number of aromatic nitrogens is 2. The summed E-state index contributed by atoms with van der Waals surface area (Å²) in [5.41, 5.74) is 9.22. The summed E-state index contributed by atoms with van der Waals surface area (Å²) in [6.07, 6.45) is 20.2. The van der Waals surface area contributed by atoms with Gasteiger partial charge in [0.15, 0.2) is 0 Å². The van der Waals surface area contributed by atoms with Crippen LogP contribution in [0, 0.1) is 29.6 Å². The number of allylic oxidation sites excluding steroid dienone is 1. The molecule has 2 aliphatic carbocycles. The number of nitrogen functional groups attached to an aromatic ring is 1. The number of aromatic amines is 1. The normalized spacial score (nSPS) is 25.4. The van der Waals surface area contributed by atoms with E-state index in [-0.39, 0.29) is 36.0 Å². The van der Waals surface area contributed by atoms with Crippen molar-refractivity contribution in [1.82, 2.24) is 9.97 Å².